The number of carbonyl (C=O) groups excluding carboxylic acids is 1. The van der Waals surface area contributed by atoms with E-state index < -0.39 is 11.4 Å². The molecule has 1 N–H and O–H groups in total. The molecule has 2 spiro atoms. The van der Waals surface area contributed by atoms with Gasteiger partial charge in [0, 0.05) is 40.0 Å². The van der Waals surface area contributed by atoms with Crippen molar-refractivity contribution >= 4 is 27.8 Å². The number of hydrogen-bond acceptors (Lipinski definition) is 5. The third-order valence-electron chi connectivity index (χ3n) is 12.9. The molecule has 0 amide bonds. The summed E-state index contributed by atoms with van der Waals surface area (Å²) in [5.41, 5.74) is 3.09. The second-order valence-corrected chi connectivity index (χ2v) is 15.3. The molecule has 7 aliphatic rings. The van der Waals surface area contributed by atoms with Crippen LogP contribution < -0.4 is 4.68 Å². The summed E-state index contributed by atoms with van der Waals surface area (Å²) in [5.74, 6) is 1.99. The molecule has 2 aliphatic heterocycles. The molecule has 3 heterocycles. The average molecular weight is 617 g/mol. The van der Waals surface area contributed by atoms with Crippen LogP contribution in [0, 0.1) is 40.4 Å². The van der Waals surface area contributed by atoms with Crippen molar-refractivity contribution in [3.05, 3.63) is 23.0 Å². The van der Waals surface area contributed by atoms with Crippen molar-refractivity contribution in [3.63, 3.8) is 0 Å². The summed E-state index contributed by atoms with van der Waals surface area (Å²) in [5, 5.41) is 4.87. The molecule has 8 heteroatoms. The first-order valence-electron chi connectivity index (χ1n) is 15.7. The number of carbonyl (C=O) groups is 1. The number of hydrogen-bond donors (Lipinski definition) is 1. The first-order chi connectivity index (χ1) is 19.3. The molecule has 7 nitrogen and oxygen atoms in total. The Morgan fingerprint density at radius 1 is 1.02 bits per heavy atom. The standard InChI is InChI=1S/C32H43BrN2O5/c1-29-12-22-16-35(15-21-5-3-20(14-33)4-6-21)34-26(22)11-23(29)7-8-24-25-9-10-31(30(25,2)13-27(36)28(24)29)32(40-19-38-31)17-37-18-39-32/h11,16,20-21,24-25,28H,3-10,12-15,17-19H2,1-2H3/p+1/t20?,21?,24-,25-,28+,29-,30-,31+,32?/m0/s1. The first kappa shape index (κ1) is 26.6. The number of fused-ring (bicyclic) bond motifs is 8. The lowest BCUT2D eigenvalue weighted by Crippen LogP contribution is -2.65. The molecule has 1 aromatic heterocycles. The number of ether oxygens (including phenoxy) is 4. The highest BCUT2D eigenvalue weighted by atomic mass is 79.9. The molecule has 4 saturated carbocycles. The quantitative estimate of drug-likeness (QED) is 0.369. The fourth-order valence-electron chi connectivity index (χ4n) is 10.9. The maximum absolute atomic E-state index is 14.4. The Bertz CT molecular complexity index is 1230. The van der Waals surface area contributed by atoms with Crippen molar-refractivity contribution in [1.29, 1.82) is 0 Å². The van der Waals surface area contributed by atoms with Gasteiger partial charge in [0.2, 0.25) is 5.79 Å². The summed E-state index contributed by atoms with van der Waals surface area (Å²) in [6.07, 6.45) is 15.6. The summed E-state index contributed by atoms with van der Waals surface area (Å²) in [6, 6.07) is 0. The minimum atomic E-state index is -0.876. The van der Waals surface area contributed by atoms with Gasteiger partial charge in [-0.25, -0.2) is 0 Å². The molecule has 218 valence electrons. The van der Waals surface area contributed by atoms with E-state index in [2.05, 4.69) is 51.8 Å². The molecule has 1 unspecified atom stereocenters. The van der Waals surface area contributed by atoms with E-state index in [4.69, 9.17) is 18.9 Å². The first-order valence-corrected chi connectivity index (χ1v) is 16.8. The fraction of sp³-hybridized carbons (Fsp3) is 0.812. The predicted octanol–water partition coefficient (Wildman–Crippen LogP) is 5.31. The van der Waals surface area contributed by atoms with Gasteiger partial charge in [-0.2, -0.15) is 5.10 Å². The average Bonchev–Trinajstić information content (AvgIpc) is 3.71. The number of H-pyrrole nitrogens is 1. The minimum absolute atomic E-state index is 0.0655. The Hall–Kier alpha value is -1.06. The monoisotopic (exact) mass is 615 g/mol. The zero-order valence-corrected chi connectivity index (χ0v) is 25.6. The number of aromatic amines is 1. The van der Waals surface area contributed by atoms with Crippen molar-refractivity contribution < 1.29 is 28.4 Å². The van der Waals surface area contributed by atoms with Crippen LogP contribution in [0.3, 0.4) is 0 Å². The minimum Gasteiger partial charge on any atom is -0.350 e. The van der Waals surface area contributed by atoms with Gasteiger partial charge in [-0.1, -0.05) is 35.4 Å². The van der Waals surface area contributed by atoms with Gasteiger partial charge >= 0.3 is 0 Å². The molecule has 5 aliphatic carbocycles. The van der Waals surface area contributed by atoms with E-state index in [0.29, 0.717) is 30.6 Å². The van der Waals surface area contributed by atoms with E-state index in [1.807, 2.05) is 0 Å². The van der Waals surface area contributed by atoms with Crippen LogP contribution in [0.1, 0.15) is 82.9 Å². The van der Waals surface area contributed by atoms with E-state index in [1.165, 1.54) is 42.5 Å². The molecular weight excluding hydrogens is 572 g/mol. The topological polar surface area (TPSA) is 73.7 Å². The smallest absolute Gasteiger partial charge is 0.226 e. The number of allylic oxidation sites excluding steroid dienone is 1. The fourth-order valence-corrected chi connectivity index (χ4v) is 11.6. The van der Waals surface area contributed by atoms with Gasteiger partial charge in [0.25, 0.3) is 0 Å². The Balaban J connectivity index is 1.06. The maximum Gasteiger partial charge on any atom is 0.226 e. The van der Waals surface area contributed by atoms with E-state index in [-0.39, 0.29) is 30.3 Å². The molecule has 6 fully saturated rings. The van der Waals surface area contributed by atoms with Crippen LogP contribution in [0.25, 0.3) is 6.08 Å². The molecule has 1 aromatic rings. The molecule has 40 heavy (non-hydrogen) atoms. The number of ketones is 1. The van der Waals surface area contributed by atoms with Gasteiger partial charge in [0.05, 0.1) is 0 Å². The van der Waals surface area contributed by atoms with E-state index in [1.54, 1.807) is 0 Å². The van der Waals surface area contributed by atoms with E-state index in [9.17, 15) is 4.79 Å². The lowest BCUT2D eigenvalue weighted by molar-refractivity contribution is -0.756. The normalized spacial score (nSPS) is 47.7. The number of nitrogens with one attached hydrogen (secondary N) is 1. The number of Topliss-reactive ketones (excluding diaryl/α,β-unsaturated/α-hetero) is 1. The SMILES string of the molecule is C[C@]12Cc3c[n+](CC4CCC(CBr)CC4)[nH]c3C=C1CC[C@@H]1[C@@H]2C(=O)C[C@@]2(C)[C@H]1CC[C@@]21OCOC12COCO2. The number of rotatable bonds is 3. The van der Waals surface area contributed by atoms with Gasteiger partial charge in [0.1, 0.15) is 23.7 Å². The van der Waals surface area contributed by atoms with Crippen molar-refractivity contribution in [2.24, 2.45) is 40.4 Å². The number of halogens is 1. The molecule has 0 radical (unpaired) electrons. The summed E-state index contributed by atoms with van der Waals surface area (Å²) in [4.78, 5) is 14.4. The highest BCUT2D eigenvalue weighted by Gasteiger charge is 2.76. The van der Waals surface area contributed by atoms with Crippen LogP contribution in [-0.4, -0.2) is 47.8 Å². The maximum atomic E-state index is 14.4. The van der Waals surface area contributed by atoms with Gasteiger partial charge in [0.15, 0.2) is 26.3 Å². The third kappa shape index (κ3) is 3.49. The van der Waals surface area contributed by atoms with Crippen molar-refractivity contribution in [2.45, 2.75) is 96.0 Å². The van der Waals surface area contributed by atoms with Crippen LogP contribution in [0.2, 0.25) is 0 Å². The molecular formula is C32H44BrN2O5+. The Morgan fingerprint density at radius 2 is 1.82 bits per heavy atom. The van der Waals surface area contributed by atoms with E-state index in [0.717, 1.165) is 55.8 Å². The van der Waals surface area contributed by atoms with Crippen LogP contribution in [0.4, 0.5) is 0 Å². The summed E-state index contributed by atoms with van der Waals surface area (Å²) < 4.78 is 26.8. The second-order valence-electron chi connectivity index (χ2n) is 14.6. The molecule has 7 atom stereocenters. The van der Waals surface area contributed by atoms with Crippen molar-refractivity contribution in [1.82, 2.24) is 5.10 Å². The zero-order valence-electron chi connectivity index (χ0n) is 24.0. The molecule has 2 saturated heterocycles. The largest absolute Gasteiger partial charge is 0.350 e. The number of aromatic nitrogens is 2. The van der Waals surface area contributed by atoms with Gasteiger partial charge in [-0.3, -0.25) is 4.79 Å². The van der Waals surface area contributed by atoms with Gasteiger partial charge in [-0.15, -0.1) is 4.68 Å². The number of alkyl halides is 1. The zero-order chi connectivity index (χ0) is 27.3. The predicted molar refractivity (Wildman–Crippen MR) is 151 cm³/mol. The van der Waals surface area contributed by atoms with Crippen molar-refractivity contribution in [3.8, 4) is 0 Å². The summed E-state index contributed by atoms with van der Waals surface area (Å²) in [6.45, 7) is 6.60. The highest BCUT2D eigenvalue weighted by molar-refractivity contribution is 9.09. The Morgan fingerprint density at radius 3 is 2.60 bits per heavy atom. The van der Waals surface area contributed by atoms with Crippen LogP contribution in [0.5, 0.6) is 0 Å². The highest BCUT2D eigenvalue weighted by Crippen LogP contribution is 2.70. The lowest BCUT2D eigenvalue weighted by atomic mass is 9.45. The Kier molecular flexibility index (Phi) is 6.12. The van der Waals surface area contributed by atoms with Crippen LogP contribution in [-0.2, 0) is 36.7 Å². The van der Waals surface area contributed by atoms with E-state index >= 15 is 0 Å². The lowest BCUT2D eigenvalue weighted by Gasteiger charge is -2.59. The van der Waals surface area contributed by atoms with Crippen LogP contribution >= 0.6 is 15.9 Å². The molecule has 8 rings (SSSR count). The third-order valence-corrected chi connectivity index (χ3v) is 13.8. The molecule has 0 aromatic carbocycles. The van der Waals surface area contributed by atoms with Crippen LogP contribution in [0.15, 0.2) is 11.8 Å². The second kappa shape index (κ2) is 9.22. The molecule has 0 bridgehead atoms. The van der Waals surface area contributed by atoms with Gasteiger partial charge in [-0.05, 0) is 81.6 Å². The Labute approximate surface area is 245 Å². The summed E-state index contributed by atoms with van der Waals surface area (Å²) >= 11 is 3.68. The van der Waals surface area contributed by atoms with Crippen molar-refractivity contribution in [2.75, 3.05) is 25.5 Å². The number of nitrogens with zero attached hydrogens (tertiary/aromatic N) is 1. The summed E-state index contributed by atoms with van der Waals surface area (Å²) in [7, 11) is 0. The van der Waals surface area contributed by atoms with Gasteiger partial charge < -0.3 is 18.9 Å².